The molecule has 1 fully saturated rings. The molecule has 1 aliphatic heterocycles. The molecule has 0 aromatic rings. The zero-order chi connectivity index (χ0) is 54.7. The van der Waals surface area contributed by atoms with E-state index < -0.39 is 67.3 Å². The van der Waals surface area contributed by atoms with Crippen molar-refractivity contribution in [1.82, 2.24) is 0 Å². The Kier molecular flexibility index (Phi) is 46.6. The van der Waals surface area contributed by atoms with Crippen molar-refractivity contribution < 1.29 is 58.2 Å². The number of carboxylic acids is 1. The number of hydrogen-bond donors (Lipinski definition) is 3. The number of carbonyl (C=O) groups is 4. The molecule has 3 N–H and O–H groups in total. The van der Waals surface area contributed by atoms with Gasteiger partial charge in [-0.25, -0.2) is 4.79 Å². The minimum absolute atomic E-state index is 0.149. The van der Waals surface area contributed by atoms with Gasteiger partial charge in [-0.05, 0) is 77.0 Å². The number of unbranched alkanes of at least 4 members (excludes halogenated alkanes) is 22. The van der Waals surface area contributed by atoms with Gasteiger partial charge in [-0.3, -0.25) is 14.4 Å². The lowest BCUT2D eigenvalue weighted by Crippen LogP contribution is -2.61. The van der Waals surface area contributed by atoms with E-state index in [9.17, 15) is 34.5 Å². The standard InChI is InChI=1S/C63H104O12/c1-4-7-10-13-16-19-22-25-28-31-34-37-40-43-46-49-55(64)71-52-54(73-56(65)50-47-44-41-38-35-32-29-26-23-20-17-14-11-8-5-2)53-72-63-61(59(68)58(67)60(75-63)62(69)70)74-57(66)51-48-45-42-39-36-33-30-27-24-21-18-15-12-9-6-3/h9,12,16,18-19,21,25,27-28,30,36,39,45,48,54,58-61,63,67-68H,4-8,10-11,13-15,17,20,22-24,26,29,31-35,37-38,40-44,46-47,49-53H2,1-3H3,(H,69,70)/b12-9-,19-16-,21-18-,28-25-,30-27-,39-36-,48-45-. The molecular weight excluding hydrogens is 949 g/mol. The van der Waals surface area contributed by atoms with E-state index in [0.717, 1.165) is 89.9 Å². The number of aliphatic hydroxyl groups is 2. The van der Waals surface area contributed by atoms with Crippen molar-refractivity contribution in [3.63, 3.8) is 0 Å². The van der Waals surface area contributed by atoms with Gasteiger partial charge in [0.1, 0.15) is 18.8 Å². The molecule has 0 saturated carbocycles. The predicted molar refractivity (Wildman–Crippen MR) is 303 cm³/mol. The van der Waals surface area contributed by atoms with Crippen LogP contribution in [0.4, 0.5) is 0 Å². The molecule has 0 radical (unpaired) electrons. The Balaban J connectivity index is 2.75. The molecule has 75 heavy (non-hydrogen) atoms. The Hall–Kier alpha value is -4.10. The smallest absolute Gasteiger partial charge is 0.335 e. The van der Waals surface area contributed by atoms with Crippen molar-refractivity contribution in [2.75, 3.05) is 13.2 Å². The van der Waals surface area contributed by atoms with Gasteiger partial charge in [0.15, 0.2) is 24.6 Å². The summed E-state index contributed by atoms with van der Waals surface area (Å²) in [6.45, 7) is 5.80. The van der Waals surface area contributed by atoms with E-state index in [2.05, 4.69) is 81.5 Å². The lowest BCUT2D eigenvalue weighted by atomic mass is 9.98. The summed E-state index contributed by atoms with van der Waals surface area (Å²) < 4.78 is 28.3. The predicted octanol–water partition coefficient (Wildman–Crippen LogP) is 15.1. The molecular formula is C63H104O12. The first-order valence-electron chi connectivity index (χ1n) is 29.6. The maximum Gasteiger partial charge on any atom is 0.335 e. The third-order valence-corrected chi connectivity index (χ3v) is 13.0. The van der Waals surface area contributed by atoms with Crippen LogP contribution in [0.25, 0.3) is 0 Å². The van der Waals surface area contributed by atoms with Crippen LogP contribution in [0, 0.1) is 0 Å². The molecule has 6 atom stereocenters. The highest BCUT2D eigenvalue weighted by Crippen LogP contribution is 2.26. The van der Waals surface area contributed by atoms with Crippen LogP contribution in [0.3, 0.4) is 0 Å². The topological polar surface area (TPSA) is 175 Å². The van der Waals surface area contributed by atoms with Crippen molar-refractivity contribution >= 4 is 23.9 Å². The number of aliphatic hydroxyl groups excluding tert-OH is 2. The van der Waals surface area contributed by atoms with Gasteiger partial charge < -0.3 is 39.0 Å². The lowest BCUT2D eigenvalue weighted by molar-refractivity contribution is -0.301. The number of allylic oxidation sites excluding steroid dienone is 13. The van der Waals surface area contributed by atoms with Crippen molar-refractivity contribution in [2.45, 2.75) is 276 Å². The Morgan fingerprint density at radius 2 is 0.880 bits per heavy atom. The summed E-state index contributed by atoms with van der Waals surface area (Å²) >= 11 is 0. The van der Waals surface area contributed by atoms with Gasteiger partial charge in [-0.1, -0.05) is 228 Å². The number of carboxylic acid groups (broad SMARTS) is 1. The van der Waals surface area contributed by atoms with Crippen LogP contribution in [-0.2, 0) is 42.9 Å². The zero-order valence-corrected chi connectivity index (χ0v) is 47.0. The second-order valence-corrected chi connectivity index (χ2v) is 19.9. The fourth-order valence-electron chi connectivity index (χ4n) is 8.47. The summed E-state index contributed by atoms with van der Waals surface area (Å²) in [4.78, 5) is 51.0. The molecule has 0 spiro atoms. The normalized spacial score (nSPS) is 18.8. The van der Waals surface area contributed by atoms with E-state index in [1.54, 1.807) is 12.2 Å². The third kappa shape index (κ3) is 40.8. The fraction of sp³-hybridized carbons (Fsp3) is 0.714. The zero-order valence-electron chi connectivity index (χ0n) is 47.0. The molecule has 0 amide bonds. The molecule has 1 rings (SSSR count). The highest BCUT2D eigenvalue weighted by atomic mass is 16.7. The number of carbonyl (C=O) groups excluding carboxylic acids is 3. The average molecular weight is 1050 g/mol. The Morgan fingerprint density at radius 3 is 1.37 bits per heavy atom. The van der Waals surface area contributed by atoms with Crippen molar-refractivity contribution in [1.29, 1.82) is 0 Å². The maximum absolute atomic E-state index is 13.1. The molecule has 1 heterocycles. The quantitative estimate of drug-likeness (QED) is 0.0228. The van der Waals surface area contributed by atoms with Gasteiger partial charge in [0, 0.05) is 12.8 Å². The number of esters is 3. The Labute approximate surface area is 454 Å². The van der Waals surface area contributed by atoms with Crippen molar-refractivity contribution in [3.05, 3.63) is 85.1 Å². The molecule has 428 valence electrons. The van der Waals surface area contributed by atoms with E-state index in [1.807, 2.05) is 12.2 Å². The Bertz CT molecular complexity index is 1630. The molecule has 0 aliphatic carbocycles. The monoisotopic (exact) mass is 1050 g/mol. The maximum atomic E-state index is 13.1. The highest BCUT2D eigenvalue weighted by Gasteiger charge is 2.50. The number of aliphatic carboxylic acids is 1. The molecule has 0 bridgehead atoms. The molecule has 0 aromatic heterocycles. The first-order chi connectivity index (χ1) is 36.6. The largest absolute Gasteiger partial charge is 0.479 e. The summed E-state index contributed by atoms with van der Waals surface area (Å²) in [6, 6.07) is 0. The molecule has 12 nitrogen and oxygen atoms in total. The van der Waals surface area contributed by atoms with Gasteiger partial charge in [-0.15, -0.1) is 0 Å². The molecule has 12 heteroatoms. The first kappa shape index (κ1) is 68.9. The minimum Gasteiger partial charge on any atom is -0.479 e. The molecule has 1 saturated heterocycles. The lowest BCUT2D eigenvalue weighted by Gasteiger charge is -2.40. The van der Waals surface area contributed by atoms with Crippen LogP contribution >= 0.6 is 0 Å². The van der Waals surface area contributed by atoms with Crippen molar-refractivity contribution in [2.24, 2.45) is 0 Å². The van der Waals surface area contributed by atoms with Crippen LogP contribution < -0.4 is 0 Å². The van der Waals surface area contributed by atoms with Gasteiger partial charge in [0.25, 0.3) is 0 Å². The van der Waals surface area contributed by atoms with Gasteiger partial charge >= 0.3 is 23.9 Å². The second-order valence-electron chi connectivity index (χ2n) is 19.9. The number of rotatable bonds is 49. The fourth-order valence-corrected chi connectivity index (χ4v) is 8.47. The van der Waals surface area contributed by atoms with Gasteiger partial charge in [-0.2, -0.15) is 0 Å². The van der Waals surface area contributed by atoms with E-state index in [4.69, 9.17) is 23.7 Å². The summed E-state index contributed by atoms with van der Waals surface area (Å²) in [5.41, 5.74) is 0. The first-order valence-corrected chi connectivity index (χ1v) is 29.6. The SMILES string of the molecule is CC/C=C\C/C=C\C/C=C\C/C=C\C/C=C\CC(=O)OC1C(OCC(COC(=O)CCCCCCC/C=C\C/C=C\CCCCC)OC(=O)CCCCCCCCCCCCCCCCC)OC(C(=O)O)C(O)C1O. The van der Waals surface area contributed by atoms with Crippen molar-refractivity contribution in [3.8, 4) is 0 Å². The van der Waals surface area contributed by atoms with Crippen LogP contribution in [0.1, 0.15) is 239 Å². The van der Waals surface area contributed by atoms with Crippen LogP contribution in [0.15, 0.2) is 85.1 Å². The summed E-state index contributed by atoms with van der Waals surface area (Å²) in [7, 11) is 0. The third-order valence-electron chi connectivity index (χ3n) is 13.0. The van der Waals surface area contributed by atoms with E-state index in [-0.39, 0.29) is 25.9 Å². The number of hydrogen-bond acceptors (Lipinski definition) is 11. The van der Waals surface area contributed by atoms with E-state index >= 15 is 0 Å². The summed E-state index contributed by atoms with van der Waals surface area (Å²) in [6.07, 6.45) is 52.9. The molecule has 1 aliphatic rings. The molecule has 6 unspecified atom stereocenters. The average Bonchev–Trinajstić information content (AvgIpc) is 3.39. The van der Waals surface area contributed by atoms with Crippen LogP contribution in [0.5, 0.6) is 0 Å². The van der Waals surface area contributed by atoms with Gasteiger partial charge in [0.05, 0.1) is 13.0 Å². The summed E-state index contributed by atoms with van der Waals surface area (Å²) in [5, 5.41) is 31.4. The second kappa shape index (κ2) is 50.7. The van der Waals surface area contributed by atoms with E-state index in [0.29, 0.717) is 19.3 Å². The van der Waals surface area contributed by atoms with E-state index in [1.165, 1.54) is 89.9 Å². The number of ether oxygens (including phenoxy) is 5. The van der Waals surface area contributed by atoms with Gasteiger partial charge in [0.2, 0.25) is 0 Å². The Morgan fingerprint density at radius 1 is 0.467 bits per heavy atom. The van der Waals surface area contributed by atoms with Crippen LogP contribution in [-0.4, -0.2) is 89.2 Å². The summed E-state index contributed by atoms with van der Waals surface area (Å²) in [5.74, 6) is -3.30. The highest BCUT2D eigenvalue weighted by molar-refractivity contribution is 5.74. The van der Waals surface area contributed by atoms with Crippen LogP contribution in [0.2, 0.25) is 0 Å². The minimum atomic E-state index is -1.94. The molecule has 0 aromatic carbocycles.